The van der Waals surface area contributed by atoms with Crippen molar-refractivity contribution >= 4 is 5.91 Å². The highest BCUT2D eigenvalue weighted by Crippen LogP contribution is 2.13. The van der Waals surface area contributed by atoms with Gasteiger partial charge in [-0.15, -0.1) is 0 Å². The average molecular weight is 228 g/mol. The summed E-state index contributed by atoms with van der Waals surface area (Å²) in [4.78, 5) is 15.1. The van der Waals surface area contributed by atoms with E-state index in [2.05, 4.69) is 4.84 Å². The Bertz CT molecular complexity index is 209. The Morgan fingerprint density at radius 3 is 2.47 bits per heavy atom. The van der Waals surface area contributed by atoms with Crippen LogP contribution in [0.1, 0.15) is 20.3 Å². The standard InChI is InChI=1S/C8H15F3N2O2/c1-3-5(2)6(12)7(14)13-15-4-8(9,10)11/h5-6H,3-4,12H2,1-2H3,(H,13,14)/t5-,6-/m0/s1. The van der Waals surface area contributed by atoms with Crippen molar-refractivity contribution in [2.75, 3.05) is 6.61 Å². The first-order chi connectivity index (χ1) is 6.78. The molecular weight excluding hydrogens is 213 g/mol. The van der Waals surface area contributed by atoms with Crippen LogP contribution in [0.5, 0.6) is 0 Å². The van der Waals surface area contributed by atoms with Gasteiger partial charge in [-0.25, -0.2) is 5.48 Å². The van der Waals surface area contributed by atoms with Crippen LogP contribution in [-0.4, -0.2) is 24.7 Å². The summed E-state index contributed by atoms with van der Waals surface area (Å²) in [6, 6.07) is -0.858. The summed E-state index contributed by atoms with van der Waals surface area (Å²) in [6.45, 7) is 2.04. The molecule has 0 aliphatic heterocycles. The first-order valence-electron chi connectivity index (χ1n) is 4.52. The maximum absolute atomic E-state index is 11.6. The molecule has 4 nitrogen and oxygen atoms in total. The van der Waals surface area contributed by atoms with Gasteiger partial charge in [-0.3, -0.25) is 9.63 Å². The number of amides is 1. The van der Waals surface area contributed by atoms with Gasteiger partial charge in [-0.1, -0.05) is 20.3 Å². The van der Waals surface area contributed by atoms with E-state index in [9.17, 15) is 18.0 Å². The Kier molecular flexibility index (Phi) is 5.59. The number of carbonyl (C=O) groups excluding carboxylic acids is 1. The van der Waals surface area contributed by atoms with Crippen LogP contribution in [0.25, 0.3) is 0 Å². The fourth-order valence-corrected chi connectivity index (χ4v) is 0.769. The number of carbonyl (C=O) groups is 1. The smallest absolute Gasteiger partial charge is 0.320 e. The Labute approximate surface area is 85.9 Å². The van der Waals surface area contributed by atoms with Crippen molar-refractivity contribution in [2.45, 2.75) is 32.5 Å². The van der Waals surface area contributed by atoms with Gasteiger partial charge < -0.3 is 5.73 Å². The normalized spacial score (nSPS) is 15.9. The van der Waals surface area contributed by atoms with Gasteiger partial charge in [-0.2, -0.15) is 13.2 Å². The molecule has 0 fully saturated rings. The number of hydrogen-bond acceptors (Lipinski definition) is 3. The van der Waals surface area contributed by atoms with Crippen LogP contribution in [0, 0.1) is 5.92 Å². The van der Waals surface area contributed by atoms with Gasteiger partial charge in [0.05, 0.1) is 6.04 Å². The van der Waals surface area contributed by atoms with E-state index in [4.69, 9.17) is 5.73 Å². The van der Waals surface area contributed by atoms with Crippen LogP contribution in [-0.2, 0) is 9.63 Å². The molecule has 0 aromatic rings. The highest BCUT2D eigenvalue weighted by atomic mass is 19.4. The zero-order valence-corrected chi connectivity index (χ0v) is 8.60. The minimum absolute atomic E-state index is 0.112. The maximum atomic E-state index is 11.6. The molecule has 3 N–H and O–H groups in total. The topological polar surface area (TPSA) is 64.4 Å². The quantitative estimate of drug-likeness (QED) is 0.689. The predicted molar refractivity (Wildman–Crippen MR) is 47.6 cm³/mol. The summed E-state index contributed by atoms with van der Waals surface area (Å²) < 4.78 is 34.9. The van der Waals surface area contributed by atoms with Crippen molar-refractivity contribution in [3.05, 3.63) is 0 Å². The molecule has 0 aromatic carbocycles. The van der Waals surface area contributed by atoms with Crippen LogP contribution in [0.2, 0.25) is 0 Å². The second-order valence-corrected chi connectivity index (χ2v) is 3.28. The third kappa shape index (κ3) is 6.29. The van der Waals surface area contributed by atoms with Gasteiger partial charge >= 0.3 is 6.18 Å². The van der Waals surface area contributed by atoms with Gasteiger partial charge in [0.25, 0.3) is 5.91 Å². The lowest BCUT2D eigenvalue weighted by Crippen LogP contribution is -2.45. The molecule has 0 rings (SSSR count). The van der Waals surface area contributed by atoms with Gasteiger partial charge in [0.1, 0.15) is 0 Å². The number of nitrogens with two attached hydrogens (primary N) is 1. The number of alkyl halides is 3. The summed E-state index contributed by atoms with van der Waals surface area (Å²) >= 11 is 0. The van der Waals surface area contributed by atoms with Crippen molar-refractivity contribution in [3.63, 3.8) is 0 Å². The van der Waals surface area contributed by atoms with Gasteiger partial charge in [-0.05, 0) is 5.92 Å². The van der Waals surface area contributed by atoms with E-state index in [-0.39, 0.29) is 5.92 Å². The minimum Gasteiger partial charge on any atom is -0.320 e. The fourth-order valence-electron chi connectivity index (χ4n) is 0.769. The summed E-state index contributed by atoms with van der Waals surface area (Å²) in [5, 5.41) is 0. The number of rotatable bonds is 5. The van der Waals surface area contributed by atoms with Crippen LogP contribution in [0.3, 0.4) is 0 Å². The number of hydroxylamine groups is 1. The molecule has 0 saturated heterocycles. The predicted octanol–water partition coefficient (Wildman–Crippen LogP) is 0.970. The molecule has 15 heavy (non-hydrogen) atoms. The van der Waals surface area contributed by atoms with Crippen molar-refractivity contribution in [2.24, 2.45) is 11.7 Å². The van der Waals surface area contributed by atoms with Crippen molar-refractivity contribution in [3.8, 4) is 0 Å². The second kappa shape index (κ2) is 5.92. The highest BCUT2D eigenvalue weighted by Gasteiger charge is 2.29. The number of halogens is 3. The van der Waals surface area contributed by atoms with Crippen LogP contribution in [0.4, 0.5) is 13.2 Å². The van der Waals surface area contributed by atoms with E-state index in [1.807, 2.05) is 6.92 Å². The lowest BCUT2D eigenvalue weighted by atomic mass is 10.00. The van der Waals surface area contributed by atoms with Crippen LogP contribution in [0.15, 0.2) is 0 Å². The number of nitrogens with one attached hydrogen (secondary N) is 1. The number of hydrogen-bond donors (Lipinski definition) is 2. The molecule has 0 aliphatic rings. The zero-order chi connectivity index (χ0) is 12.1. The van der Waals surface area contributed by atoms with Crippen molar-refractivity contribution in [1.82, 2.24) is 5.48 Å². The van der Waals surface area contributed by atoms with Crippen molar-refractivity contribution < 1.29 is 22.8 Å². The Hall–Kier alpha value is -0.820. The molecule has 0 radical (unpaired) electrons. The molecule has 0 saturated carbocycles. The van der Waals surface area contributed by atoms with Crippen molar-refractivity contribution in [1.29, 1.82) is 0 Å². The average Bonchev–Trinajstić information content (AvgIpc) is 2.13. The Morgan fingerprint density at radius 2 is 2.07 bits per heavy atom. The molecule has 7 heteroatoms. The van der Waals surface area contributed by atoms with Gasteiger partial charge in [0.2, 0.25) is 0 Å². The lowest BCUT2D eigenvalue weighted by Gasteiger charge is -2.17. The summed E-state index contributed by atoms with van der Waals surface area (Å²) in [6.07, 6.45) is -3.80. The molecule has 1 amide bonds. The molecular formula is C8H15F3N2O2. The lowest BCUT2D eigenvalue weighted by molar-refractivity contribution is -0.192. The summed E-state index contributed by atoms with van der Waals surface area (Å²) in [7, 11) is 0. The van der Waals surface area contributed by atoms with E-state index in [0.29, 0.717) is 6.42 Å². The summed E-state index contributed by atoms with van der Waals surface area (Å²) in [5.41, 5.74) is 7.12. The molecule has 0 bridgehead atoms. The van der Waals surface area contributed by atoms with E-state index < -0.39 is 24.7 Å². The molecule has 0 aliphatic carbocycles. The molecule has 0 unspecified atom stereocenters. The zero-order valence-electron chi connectivity index (χ0n) is 8.60. The molecule has 90 valence electrons. The van der Waals surface area contributed by atoms with E-state index in [0.717, 1.165) is 0 Å². The van der Waals surface area contributed by atoms with Crippen LogP contribution < -0.4 is 11.2 Å². The third-order valence-electron chi connectivity index (χ3n) is 1.97. The van der Waals surface area contributed by atoms with E-state index >= 15 is 0 Å². The molecule has 0 aromatic heterocycles. The van der Waals surface area contributed by atoms with Gasteiger partial charge in [0.15, 0.2) is 6.61 Å². The Morgan fingerprint density at radius 1 is 1.53 bits per heavy atom. The molecule has 0 spiro atoms. The molecule has 2 atom stereocenters. The van der Waals surface area contributed by atoms with E-state index in [1.54, 1.807) is 12.4 Å². The van der Waals surface area contributed by atoms with Crippen LogP contribution >= 0.6 is 0 Å². The fraction of sp³-hybridized carbons (Fsp3) is 0.875. The van der Waals surface area contributed by atoms with Gasteiger partial charge in [0, 0.05) is 0 Å². The Balaban J connectivity index is 3.84. The monoisotopic (exact) mass is 228 g/mol. The second-order valence-electron chi connectivity index (χ2n) is 3.28. The molecule has 0 heterocycles. The highest BCUT2D eigenvalue weighted by molar-refractivity contribution is 5.80. The maximum Gasteiger partial charge on any atom is 0.414 e. The van der Waals surface area contributed by atoms with E-state index in [1.165, 1.54) is 0 Å². The summed E-state index contributed by atoms with van der Waals surface area (Å²) in [5.74, 6) is -0.854. The minimum atomic E-state index is -4.46. The largest absolute Gasteiger partial charge is 0.414 e. The first-order valence-corrected chi connectivity index (χ1v) is 4.52. The SMILES string of the molecule is CC[C@H](C)[C@H](N)C(=O)NOCC(F)(F)F. The first kappa shape index (κ1) is 14.2. The third-order valence-corrected chi connectivity index (χ3v) is 1.97.